The highest BCUT2D eigenvalue weighted by molar-refractivity contribution is 5.94. The van der Waals surface area contributed by atoms with Gasteiger partial charge >= 0.3 is 5.97 Å². The molecule has 0 atom stereocenters. The van der Waals surface area contributed by atoms with E-state index in [2.05, 4.69) is 25.7 Å². The Morgan fingerprint density at radius 1 is 1.47 bits per heavy atom. The molecular formula is C13H20N2O2. The average molecular weight is 236 g/mol. The number of hydrogen-bond acceptors (Lipinski definition) is 3. The van der Waals surface area contributed by atoms with Crippen LogP contribution in [0.2, 0.25) is 0 Å². The van der Waals surface area contributed by atoms with Gasteiger partial charge in [0.1, 0.15) is 0 Å². The molecule has 0 aliphatic heterocycles. The summed E-state index contributed by atoms with van der Waals surface area (Å²) in [6.07, 6.45) is 0. The highest BCUT2D eigenvalue weighted by Crippen LogP contribution is 2.22. The second-order valence-electron chi connectivity index (χ2n) is 4.51. The second-order valence-corrected chi connectivity index (χ2v) is 4.51. The number of carboxylic acid groups (broad SMARTS) is 1. The fourth-order valence-corrected chi connectivity index (χ4v) is 1.80. The minimum atomic E-state index is -0.985. The summed E-state index contributed by atoms with van der Waals surface area (Å²) in [5.41, 5.74) is 7.19. The van der Waals surface area contributed by atoms with Crippen LogP contribution in [-0.4, -0.2) is 24.2 Å². The SMILES string of the molecule is CCN(CC(C)C)c1ccc(C(=O)O)c(N)c1. The zero-order chi connectivity index (χ0) is 13.0. The summed E-state index contributed by atoms with van der Waals surface area (Å²) < 4.78 is 0. The van der Waals surface area contributed by atoms with Crippen LogP contribution in [0.5, 0.6) is 0 Å². The van der Waals surface area contributed by atoms with E-state index in [1.807, 2.05) is 6.07 Å². The molecule has 4 nitrogen and oxygen atoms in total. The predicted molar refractivity (Wildman–Crippen MR) is 70.5 cm³/mol. The summed E-state index contributed by atoms with van der Waals surface area (Å²) in [4.78, 5) is 13.0. The molecule has 0 saturated heterocycles. The lowest BCUT2D eigenvalue weighted by Crippen LogP contribution is -2.27. The lowest BCUT2D eigenvalue weighted by molar-refractivity contribution is 0.0698. The van der Waals surface area contributed by atoms with Crippen molar-refractivity contribution >= 4 is 17.3 Å². The van der Waals surface area contributed by atoms with Crippen molar-refractivity contribution in [3.8, 4) is 0 Å². The molecule has 0 radical (unpaired) electrons. The van der Waals surface area contributed by atoms with E-state index in [1.165, 1.54) is 0 Å². The maximum Gasteiger partial charge on any atom is 0.337 e. The second kappa shape index (κ2) is 5.57. The quantitative estimate of drug-likeness (QED) is 0.771. The van der Waals surface area contributed by atoms with Crippen molar-refractivity contribution in [1.82, 2.24) is 0 Å². The fraction of sp³-hybridized carbons (Fsp3) is 0.462. The molecule has 4 heteroatoms. The minimum absolute atomic E-state index is 0.161. The summed E-state index contributed by atoms with van der Waals surface area (Å²) >= 11 is 0. The van der Waals surface area contributed by atoms with Crippen LogP contribution in [-0.2, 0) is 0 Å². The van der Waals surface area contributed by atoms with Gasteiger partial charge in [-0.25, -0.2) is 4.79 Å². The molecule has 0 aromatic heterocycles. The van der Waals surface area contributed by atoms with Crippen molar-refractivity contribution in [3.63, 3.8) is 0 Å². The van der Waals surface area contributed by atoms with Gasteiger partial charge in [-0.2, -0.15) is 0 Å². The number of nitrogens with zero attached hydrogens (tertiary/aromatic N) is 1. The molecule has 0 spiro atoms. The monoisotopic (exact) mass is 236 g/mol. The van der Waals surface area contributed by atoms with E-state index in [9.17, 15) is 4.79 Å². The molecule has 0 bridgehead atoms. The number of carbonyl (C=O) groups is 1. The zero-order valence-corrected chi connectivity index (χ0v) is 10.6. The summed E-state index contributed by atoms with van der Waals surface area (Å²) in [5.74, 6) is -0.434. The standard InChI is InChI=1S/C13H20N2O2/c1-4-15(8-9(2)3)10-5-6-11(13(16)17)12(14)7-10/h5-7,9H,4,8,14H2,1-3H3,(H,16,17). The number of rotatable bonds is 5. The molecule has 3 N–H and O–H groups in total. The van der Waals surface area contributed by atoms with Crippen LogP contribution in [0.15, 0.2) is 18.2 Å². The number of benzene rings is 1. The highest BCUT2D eigenvalue weighted by Gasteiger charge is 2.11. The van der Waals surface area contributed by atoms with Crippen molar-refractivity contribution in [2.24, 2.45) is 5.92 Å². The Balaban J connectivity index is 2.98. The Hall–Kier alpha value is -1.71. The van der Waals surface area contributed by atoms with Gasteiger partial charge in [-0.05, 0) is 31.0 Å². The molecule has 0 aliphatic rings. The van der Waals surface area contributed by atoms with Gasteiger partial charge in [0.15, 0.2) is 0 Å². The number of aromatic carboxylic acids is 1. The zero-order valence-electron chi connectivity index (χ0n) is 10.6. The van der Waals surface area contributed by atoms with Crippen molar-refractivity contribution in [1.29, 1.82) is 0 Å². The summed E-state index contributed by atoms with van der Waals surface area (Å²) in [6, 6.07) is 5.11. The predicted octanol–water partition coefficient (Wildman–Crippen LogP) is 2.45. The molecule has 94 valence electrons. The van der Waals surface area contributed by atoms with E-state index in [1.54, 1.807) is 12.1 Å². The van der Waals surface area contributed by atoms with Crippen LogP contribution in [0.3, 0.4) is 0 Å². The first kappa shape index (κ1) is 13.4. The Bertz CT molecular complexity index is 402. The van der Waals surface area contributed by atoms with Crippen molar-refractivity contribution in [2.75, 3.05) is 23.7 Å². The van der Waals surface area contributed by atoms with Gasteiger partial charge in [-0.15, -0.1) is 0 Å². The van der Waals surface area contributed by atoms with Crippen LogP contribution in [0, 0.1) is 5.92 Å². The summed E-state index contributed by atoms with van der Waals surface area (Å²) in [5, 5.41) is 8.90. The Morgan fingerprint density at radius 2 is 2.12 bits per heavy atom. The Kier molecular flexibility index (Phi) is 4.37. The van der Waals surface area contributed by atoms with E-state index in [4.69, 9.17) is 10.8 Å². The molecule has 17 heavy (non-hydrogen) atoms. The first-order valence-electron chi connectivity index (χ1n) is 5.83. The largest absolute Gasteiger partial charge is 0.478 e. The van der Waals surface area contributed by atoms with Gasteiger partial charge in [0.2, 0.25) is 0 Å². The molecule has 1 aromatic rings. The van der Waals surface area contributed by atoms with E-state index in [0.29, 0.717) is 11.6 Å². The summed E-state index contributed by atoms with van der Waals surface area (Å²) in [7, 11) is 0. The third kappa shape index (κ3) is 3.37. The minimum Gasteiger partial charge on any atom is -0.478 e. The van der Waals surface area contributed by atoms with Crippen LogP contribution in [0.4, 0.5) is 11.4 Å². The third-order valence-electron chi connectivity index (χ3n) is 2.60. The van der Waals surface area contributed by atoms with Crippen molar-refractivity contribution in [3.05, 3.63) is 23.8 Å². The van der Waals surface area contributed by atoms with Crippen molar-refractivity contribution < 1.29 is 9.90 Å². The number of carboxylic acids is 1. The van der Waals surface area contributed by atoms with Crippen LogP contribution < -0.4 is 10.6 Å². The molecule has 0 heterocycles. The van der Waals surface area contributed by atoms with Crippen LogP contribution in [0.25, 0.3) is 0 Å². The molecule has 0 aliphatic carbocycles. The molecule has 0 unspecified atom stereocenters. The Labute approximate surface area is 102 Å². The number of nitrogens with two attached hydrogens (primary N) is 1. The Morgan fingerprint density at radius 3 is 2.53 bits per heavy atom. The van der Waals surface area contributed by atoms with E-state index in [0.717, 1.165) is 18.8 Å². The van der Waals surface area contributed by atoms with E-state index < -0.39 is 5.97 Å². The molecular weight excluding hydrogens is 216 g/mol. The smallest absolute Gasteiger partial charge is 0.337 e. The van der Waals surface area contributed by atoms with Gasteiger partial charge < -0.3 is 15.7 Å². The fourth-order valence-electron chi connectivity index (χ4n) is 1.80. The molecule has 0 saturated carbocycles. The lowest BCUT2D eigenvalue weighted by atomic mass is 10.1. The first-order chi connectivity index (χ1) is 7.95. The van der Waals surface area contributed by atoms with Gasteiger partial charge in [0, 0.05) is 24.5 Å². The van der Waals surface area contributed by atoms with Gasteiger partial charge in [0.05, 0.1) is 5.56 Å². The van der Waals surface area contributed by atoms with Crippen LogP contribution in [0.1, 0.15) is 31.1 Å². The topological polar surface area (TPSA) is 66.6 Å². The normalized spacial score (nSPS) is 10.6. The number of hydrogen-bond donors (Lipinski definition) is 2. The molecule has 1 rings (SSSR count). The van der Waals surface area contributed by atoms with Gasteiger partial charge in [-0.3, -0.25) is 0 Å². The molecule has 1 aromatic carbocycles. The number of nitrogen functional groups attached to an aromatic ring is 1. The van der Waals surface area contributed by atoms with Crippen LogP contribution >= 0.6 is 0 Å². The third-order valence-corrected chi connectivity index (χ3v) is 2.60. The molecule has 0 fully saturated rings. The maximum absolute atomic E-state index is 10.9. The maximum atomic E-state index is 10.9. The highest BCUT2D eigenvalue weighted by atomic mass is 16.4. The molecule has 0 amide bonds. The number of anilines is 2. The lowest BCUT2D eigenvalue weighted by Gasteiger charge is -2.25. The van der Waals surface area contributed by atoms with E-state index in [-0.39, 0.29) is 5.56 Å². The van der Waals surface area contributed by atoms with Crippen molar-refractivity contribution in [2.45, 2.75) is 20.8 Å². The van der Waals surface area contributed by atoms with E-state index >= 15 is 0 Å². The summed E-state index contributed by atoms with van der Waals surface area (Å²) in [6.45, 7) is 8.19. The van der Waals surface area contributed by atoms with Gasteiger partial charge in [0.25, 0.3) is 0 Å². The van der Waals surface area contributed by atoms with Gasteiger partial charge in [-0.1, -0.05) is 13.8 Å². The average Bonchev–Trinajstić information content (AvgIpc) is 2.24. The first-order valence-corrected chi connectivity index (χ1v) is 5.83.